The molecule has 0 bridgehead atoms. The number of rotatable bonds is 1. The topological polar surface area (TPSA) is 43.6 Å². The van der Waals surface area contributed by atoms with Crippen molar-refractivity contribution in [1.82, 2.24) is 20.2 Å². The monoisotopic (exact) mass is 156 g/mol. The van der Waals surface area contributed by atoms with Crippen molar-refractivity contribution in [2.75, 3.05) is 0 Å². The van der Waals surface area contributed by atoms with Crippen molar-refractivity contribution in [2.45, 2.75) is 0 Å². The van der Waals surface area contributed by atoms with Gasteiger partial charge in [-0.1, -0.05) is 17.6 Å². The maximum atomic E-state index is 5.58. The van der Waals surface area contributed by atoms with Crippen LogP contribution in [-0.4, -0.2) is 28.1 Å². The van der Waals surface area contributed by atoms with Crippen molar-refractivity contribution in [2.24, 2.45) is 0 Å². The second-order valence-electron chi connectivity index (χ2n) is 2.35. The molecule has 0 aliphatic carbocycles. The Bertz CT molecular complexity index is 371. The first kappa shape index (κ1) is 7.03. The van der Waals surface area contributed by atoms with E-state index in [9.17, 15) is 0 Å². The molecule has 1 aromatic carbocycles. The predicted molar refractivity (Wildman–Crippen MR) is 44.5 cm³/mol. The van der Waals surface area contributed by atoms with E-state index in [2.05, 4.69) is 15.5 Å². The van der Waals surface area contributed by atoms with Crippen molar-refractivity contribution in [3.8, 4) is 5.69 Å². The van der Waals surface area contributed by atoms with E-state index in [-0.39, 0.29) is 0 Å². The molecule has 1 heterocycles. The minimum Gasteiger partial charge on any atom is -0.201 e. The van der Waals surface area contributed by atoms with E-state index in [1.54, 1.807) is 10.7 Å². The average molecular weight is 156 g/mol. The van der Waals surface area contributed by atoms with Crippen molar-refractivity contribution in [3.63, 3.8) is 0 Å². The predicted octanol–water partition coefficient (Wildman–Crippen LogP) is -0.544. The molecule has 0 N–H and O–H groups in total. The summed E-state index contributed by atoms with van der Waals surface area (Å²) in [6.45, 7) is 0. The zero-order valence-electron chi connectivity index (χ0n) is 6.25. The fourth-order valence-corrected chi connectivity index (χ4v) is 0.947. The lowest BCUT2D eigenvalue weighted by Crippen LogP contribution is -2.04. The molecule has 0 atom stereocenters. The van der Waals surface area contributed by atoms with E-state index in [1.165, 1.54) is 6.33 Å². The van der Waals surface area contributed by atoms with E-state index in [0.717, 1.165) is 5.69 Å². The van der Waals surface area contributed by atoms with Crippen LogP contribution in [0.3, 0.4) is 0 Å². The molecule has 0 aliphatic rings. The van der Waals surface area contributed by atoms with Crippen LogP contribution in [-0.2, 0) is 0 Å². The number of aromatic nitrogens is 4. The van der Waals surface area contributed by atoms with Crippen molar-refractivity contribution >= 4 is 13.3 Å². The normalized spacial score (nSPS) is 10.0. The van der Waals surface area contributed by atoms with E-state index < -0.39 is 0 Å². The quantitative estimate of drug-likeness (QED) is 0.520. The Balaban J connectivity index is 2.48. The highest BCUT2D eigenvalue weighted by atomic mass is 15.5. The molecule has 0 saturated heterocycles. The van der Waals surface area contributed by atoms with Gasteiger partial charge in [-0.25, -0.2) is 4.68 Å². The van der Waals surface area contributed by atoms with Crippen LogP contribution in [0.5, 0.6) is 0 Å². The lowest BCUT2D eigenvalue weighted by Gasteiger charge is -1.98. The summed E-state index contributed by atoms with van der Waals surface area (Å²) in [5, 5.41) is 10.8. The summed E-state index contributed by atoms with van der Waals surface area (Å²) in [4.78, 5) is 0. The van der Waals surface area contributed by atoms with Crippen LogP contribution in [0.4, 0.5) is 0 Å². The number of tetrazole rings is 1. The smallest absolute Gasteiger partial charge is 0.143 e. The fourth-order valence-electron chi connectivity index (χ4n) is 0.947. The standard InChI is InChI=1S/C7H5BN4/c8-6-2-1-3-7(4-6)12-5-9-10-11-12/h1-5H. The van der Waals surface area contributed by atoms with Crippen LogP contribution in [0.1, 0.15) is 0 Å². The second kappa shape index (κ2) is 2.77. The SMILES string of the molecule is [B]c1cccc(-n2cnnn2)c1. The third kappa shape index (κ3) is 1.21. The highest BCUT2D eigenvalue weighted by Crippen LogP contribution is 1.99. The molecule has 0 unspecified atom stereocenters. The number of benzene rings is 1. The van der Waals surface area contributed by atoms with E-state index in [4.69, 9.17) is 7.85 Å². The lowest BCUT2D eigenvalue weighted by molar-refractivity contribution is 0.789. The molecule has 1 aromatic heterocycles. The Kier molecular flexibility index (Phi) is 1.62. The Morgan fingerprint density at radius 2 is 2.25 bits per heavy atom. The van der Waals surface area contributed by atoms with Gasteiger partial charge in [-0.05, 0) is 22.6 Å². The van der Waals surface area contributed by atoms with Gasteiger partial charge in [0, 0.05) is 0 Å². The fraction of sp³-hybridized carbons (Fsp3) is 0. The Morgan fingerprint density at radius 3 is 2.92 bits per heavy atom. The highest BCUT2D eigenvalue weighted by Gasteiger charge is 1.95. The van der Waals surface area contributed by atoms with Gasteiger partial charge in [-0.3, -0.25) is 0 Å². The first-order valence-electron chi connectivity index (χ1n) is 3.45. The molecule has 56 valence electrons. The van der Waals surface area contributed by atoms with Crippen LogP contribution in [0.25, 0.3) is 5.69 Å². The van der Waals surface area contributed by atoms with Crippen molar-refractivity contribution < 1.29 is 0 Å². The first-order valence-corrected chi connectivity index (χ1v) is 3.45. The summed E-state index contributed by atoms with van der Waals surface area (Å²) in [5.74, 6) is 0. The molecule has 0 aliphatic heterocycles. The molecule has 12 heavy (non-hydrogen) atoms. The van der Waals surface area contributed by atoms with Crippen LogP contribution in [0.15, 0.2) is 30.6 Å². The summed E-state index contributed by atoms with van der Waals surface area (Å²) in [7, 11) is 5.58. The van der Waals surface area contributed by atoms with Crippen LogP contribution in [0.2, 0.25) is 0 Å². The number of nitrogens with zero attached hydrogens (tertiary/aromatic N) is 4. The van der Waals surface area contributed by atoms with Gasteiger partial charge in [0.15, 0.2) is 0 Å². The second-order valence-corrected chi connectivity index (χ2v) is 2.35. The van der Waals surface area contributed by atoms with E-state index >= 15 is 0 Å². The lowest BCUT2D eigenvalue weighted by atomic mass is 9.96. The van der Waals surface area contributed by atoms with Gasteiger partial charge in [0.05, 0.1) is 5.69 Å². The zero-order valence-corrected chi connectivity index (χ0v) is 6.25. The molecule has 4 nitrogen and oxygen atoms in total. The summed E-state index contributed by atoms with van der Waals surface area (Å²) in [6.07, 6.45) is 1.52. The van der Waals surface area contributed by atoms with Crippen molar-refractivity contribution in [3.05, 3.63) is 30.6 Å². The largest absolute Gasteiger partial charge is 0.201 e. The minimum atomic E-state index is 0.697. The first-order chi connectivity index (χ1) is 5.86. The number of hydrogen-bond donors (Lipinski definition) is 0. The van der Waals surface area contributed by atoms with Gasteiger partial charge in [0.2, 0.25) is 0 Å². The molecule has 0 saturated carbocycles. The van der Waals surface area contributed by atoms with Gasteiger partial charge in [-0.15, -0.1) is 5.10 Å². The highest BCUT2D eigenvalue weighted by molar-refractivity contribution is 6.32. The minimum absolute atomic E-state index is 0.697. The molecule has 0 spiro atoms. The zero-order chi connectivity index (χ0) is 8.39. The van der Waals surface area contributed by atoms with Gasteiger partial charge >= 0.3 is 0 Å². The van der Waals surface area contributed by atoms with Crippen LogP contribution < -0.4 is 5.46 Å². The van der Waals surface area contributed by atoms with Gasteiger partial charge in [0.1, 0.15) is 14.2 Å². The molecule has 2 aromatic rings. The Hall–Kier alpha value is -1.65. The number of hydrogen-bond acceptors (Lipinski definition) is 3. The van der Waals surface area contributed by atoms with Gasteiger partial charge in [-0.2, -0.15) is 0 Å². The van der Waals surface area contributed by atoms with Crippen LogP contribution in [0, 0.1) is 0 Å². The van der Waals surface area contributed by atoms with E-state index in [1.807, 2.05) is 18.2 Å². The third-order valence-corrected chi connectivity index (χ3v) is 1.48. The maximum Gasteiger partial charge on any atom is 0.143 e. The Labute approximate surface area is 70.6 Å². The molecule has 0 fully saturated rings. The molecule has 5 heteroatoms. The van der Waals surface area contributed by atoms with Crippen LogP contribution >= 0.6 is 0 Å². The average Bonchev–Trinajstić information content (AvgIpc) is 2.56. The van der Waals surface area contributed by atoms with Gasteiger partial charge in [0.25, 0.3) is 0 Å². The van der Waals surface area contributed by atoms with E-state index in [0.29, 0.717) is 5.46 Å². The molecule has 0 amide bonds. The summed E-state index contributed by atoms with van der Waals surface area (Å²) < 4.78 is 1.55. The van der Waals surface area contributed by atoms with Gasteiger partial charge < -0.3 is 0 Å². The summed E-state index contributed by atoms with van der Waals surface area (Å²) >= 11 is 0. The summed E-state index contributed by atoms with van der Waals surface area (Å²) in [5.41, 5.74) is 1.56. The molecule has 2 rings (SSSR count). The maximum absolute atomic E-state index is 5.58. The summed E-state index contributed by atoms with van der Waals surface area (Å²) in [6, 6.07) is 7.35. The molecular weight excluding hydrogens is 151 g/mol. The molecule has 2 radical (unpaired) electrons. The molecular formula is C7H5BN4. The van der Waals surface area contributed by atoms with Crippen molar-refractivity contribution in [1.29, 1.82) is 0 Å². The Morgan fingerprint density at radius 1 is 1.33 bits per heavy atom. The third-order valence-electron chi connectivity index (χ3n) is 1.48.